The number of ether oxygens (including phenoxy) is 1. The first-order valence-electron chi connectivity index (χ1n) is 4.67. The summed E-state index contributed by atoms with van der Waals surface area (Å²) in [6.07, 6.45) is 2.73. The van der Waals surface area contributed by atoms with Crippen molar-refractivity contribution in [3.8, 4) is 0 Å². The Morgan fingerprint density at radius 2 is 1.92 bits per heavy atom. The molecule has 0 aliphatic rings. The fourth-order valence-electron chi connectivity index (χ4n) is 1.37. The van der Waals surface area contributed by atoms with Crippen LogP contribution >= 0.6 is 0 Å². The van der Waals surface area contributed by atoms with E-state index in [1.807, 2.05) is 6.92 Å². The van der Waals surface area contributed by atoms with Crippen LogP contribution in [0.4, 0.5) is 0 Å². The van der Waals surface area contributed by atoms with Crippen LogP contribution in [0.5, 0.6) is 0 Å². The van der Waals surface area contributed by atoms with Crippen molar-refractivity contribution in [2.75, 3.05) is 6.61 Å². The maximum Gasteiger partial charge on any atom is 0.306 e. The van der Waals surface area contributed by atoms with E-state index in [-0.39, 0.29) is 11.4 Å². The summed E-state index contributed by atoms with van der Waals surface area (Å²) < 4.78 is 4.89. The number of carbonyl (C=O) groups is 1. The number of hydrogen-bond donors (Lipinski definition) is 0. The Morgan fingerprint density at radius 1 is 1.33 bits per heavy atom. The lowest BCUT2D eigenvalue weighted by atomic mass is 9.85. The SMILES string of the molecule is CCCC(C)(C)CC(=O)OCC. The molecule has 0 radical (unpaired) electrons. The van der Waals surface area contributed by atoms with Gasteiger partial charge in [0.15, 0.2) is 0 Å². The van der Waals surface area contributed by atoms with Gasteiger partial charge in [0.25, 0.3) is 0 Å². The summed E-state index contributed by atoms with van der Waals surface area (Å²) >= 11 is 0. The van der Waals surface area contributed by atoms with Crippen molar-refractivity contribution in [1.82, 2.24) is 0 Å². The highest BCUT2D eigenvalue weighted by Crippen LogP contribution is 2.26. The second-order valence-electron chi connectivity index (χ2n) is 3.90. The average molecular weight is 172 g/mol. The molecule has 0 aromatic carbocycles. The molecule has 12 heavy (non-hydrogen) atoms. The van der Waals surface area contributed by atoms with Gasteiger partial charge in [-0.25, -0.2) is 0 Å². The van der Waals surface area contributed by atoms with E-state index >= 15 is 0 Å². The molecule has 0 saturated heterocycles. The summed E-state index contributed by atoms with van der Waals surface area (Å²) in [5.41, 5.74) is 0.0982. The maximum absolute atomic E-state index is 11.1. The molecule has 0 unspecified atom stereocenters. The fraction of sp³-hybridized carbons (Fsp3) is 0.900. The topological polar surface area (TPSA) is 26.3 Å². The van der Waals surface area contributed by atoms with Gasteiger partial charge in [-0.3, -0.25) is 4.79 Å². The van der Waals surface area contributed by atoms with E-state index in [0.717, 1.165) is 12.8 Å². The zero-order valence-electron chi connectivity index (χ0n) is 8.64. The van der Waals surface area contributed by atoms with Crippen LogP contribution in [0.15, 0.2) is 0 Å². The second-order valence-corrected chi connectivity index (χ2v) is 3.90. The third kappa shape index (κ3) is 5.16. The van der Waals surface area contributed by atoms with Crippen LogP contribution in [0.3, 0.4) is 0 Å². The van der Waals surface area contributed by atoms with Gasteiger partial charge in [-0.1, -0.05) is 27.2 Å². The zero-order chi connectivity index (χ0) is 9.61. The Kier molecular flexibility index (Phi) is 4.95. The summed E-state index contributed by atoms with van der Waals surface area (Å²) in [5, 5.41) is 0. The summed E-state index contributed by atoms with van der Waals surface area (Å²) in [5.74, 6) is -0.0732. The number of rotatable bonds is 5. The van der Waals surface area contributed by atoms with Crippen LogP contribution < -0.4 is 0 Å². The summed E-state index contributed by atoms with van der Waals surface area (Å²) in [7, 11) is 0. The lowest BCUT2D eigenvalue weighted by Crippen LogP contribution is -2.18. The van der Waals surface area contributed by atoms with Gasteiger partial charge in [0, 0.05) is 0 Å². The minimum absolute atomic E-state index is 0.0732. The number of carbonyl (C=O) groups excluding carboxylic acids is 1. The van der Waals surface area contributed by atoms with E-state index in [2.05, 4.69) is 20.8 Å². The van der Waals surface area contributed by atoms with Crippen molar-refractivity contribution >= 4 is 5.97 Å². The summed E-state index contributed by atoms with van der Waals surface area (Å²) in [4.78, 5) is 11.1. The molecule has 0 saturated carbocycles. The quantitative estimate of drug-likeness (QED) is 0.596. The van der Waals surface area contributed by atoms with Gasteiger partial charge in [0.2, 0.25) is 0 Å². The van der Waals surface area contributed by atoms with Crippen LogP contribution in [-0.2, 0) is 9.53 Å². The van der Waals surface area contributed by atoms with E-state index in [9.17, 15) is 4.79 Å². The van der Waals surface area contributed by atoms with Gasteiger partial charge in [-0.15, -0.1) is 0 Å². The molecule has 0 aliphatic heterocycles. The van der Waals surface area contributed by atoms with Gasteiger partial charge in [-0.05, 0) is 18.8 Å². The first-order chi connectivity index (χ1) is 5.52. The van der Waals surface area contributed by atoms with Gasteiger partial charge < -0.3 is 4.74 Å². The molecule has 0 aromatic heterocycles. The zero-order valence-corrected chi connectivity index (χ0v) is 8.64. The third-order valence-corrected chi connectivity index (χ3v) is 1.85. The Hall–Kier alpha value is -0.530. The molecule has 0 bridgehead atoms. The molecule has 2 nitrogen and oxygen atoms in total. The van der Waals surface area contributed by atoms with Crippen molar-refractivity contribution in [3.63, 3.8) is 0 Å². The van der Waals surface area contributed by atoms with Gasteiger partial charge in [0.05, 0.1) is 13.0 Å². The lowest BCUT2D eigenvalue weighted by molar-refractivity contribution is -0.145. The van der Waals surface area contributed by atoms with Gasteiger partial charge in [0.1, 0.15) is 0 Å². The largest absolute Gasteiger partial charge is 0.466 e. The Morgan fingerprint density at radius 3 is 2.33 bits per heavy atom. The van der Waals surface area contributed by atoms with E-state index in [0.29, 0.717) is 13.0 Å². The molecule has 0 rings (SSSR count). The highest BCUT2D eigenvalue weighted by atomic mass is 16.5. The van der Waals surface area contributed by atoms with Crippen molar-refractivity contribution in [1.29, 1.82) is 0 Å². The first kappa shape index (κ1) is 11.5. The minimum atomic E-state index is -0.0732. The van der Waals surface area contributed by atoms with Crippen LogP contribution in [0.25, 0.3) is 0 Å². The van der Waals surface area contributed by atoms with E-state index in [4.69, 9.17) is 4.74 Å². The molecular weight excluding hydrogens is 152 g/mol. The summed E-state index contributed by atoms with van der Waals surface area (Å²) in [6, 6.07) is 0. The predicted octanol–water partition coefficient (Wildman–Crippen LogP) is 2.77. The molecule has 0 atom stereocenters. The second kappa shape index (κ2) is 5.18. The normalized spacial score (nSPS) is 11.3. The molecule has 0 N–H and O–H groups in total. The van der Waals surface area contributed by atoms with Crippen LogP contribution in [0, 0.1) is 5.41 Å². The lowest BCUT2D eigenvalue weighted by Gasteiger charge is -2.22. The average Bonchev–Trinajstić information content (AvgIpc) is 1.85. The standard InChI is InChI=1S/C10H20O2/c1-5-7-10(3,4)8-9(11)12-6-2/h5-8H2,1-4H3. The maximum atomic E-state index is 11.1. The molecule has 0 aliphatic carbocycles. The van der Waals surface area contributed by atoms with E-state index in [1.54, 1.807) is 0 Å². The highest BCUT2D eigenvalue weighted by molar-refractivity contribution is 5.70. The molecule has 0 amide bonds. The highest BCUT2D eigenvalue weighted by Gasteiger charge is 2.21. The van der Waals surface area contributed by atoms with Crippen molar-refractivity contribution in [2.24, 2.45) is 5.41 Å². The molecule has 0 spiro atoms. The Labute approximate surface area is 75.3 Å². The molecule has 0 aromatic rings. The number of esters is 1. The smallest absolute Gasteiger partial charge is 0.306 e. The summed E-state index contributed by atoms with van der Waals surface area (Å²) in [6.45, 7) is 8.67. The Balaban J connectivity index is 3.79. The number of hydrogen-bond acceptors (Lipinski definition) is 2. The molecule has 0 heterocycles. The Bertz CT molecular complexity index is 139. The third-order valence-electron chi connectivity index (χ3n) is 1.85. The first-order valence-corrected chi connectivity index (χ1v) is 4.67. The van der Waals surface area contributed by atoms with Crippen molar-refractivity contribution in [3.05, 3.63) is 0 Å². The van der Waals surface area contributed by atoms with E-state index in [1.165, 1.54) is 0 Å². The van der Waals surface area contributed by atoms with Crippen molar-refractivity contribution < 1.29 is 9.53 Å². The molecule has 2 heteroatoms. The van der Waals surface area contributed by atoms with Gasteiger partial charge in [-0.2, -0.15) is 0 Å². The van der Waals surface area contributed by atoms with E-state index < -0.39 is 0 Å². The van der Waals surface area contributed by atoms with Gasteiger partial charge >= 0.3 is 5.97 Å². The predicted molar refractivity (Wildman–Crippen MR) is 49.9 cm³/mol. The van der Waals surface area contributed by atoms with Crippen LogP contribution in [0.2, 0.25) is 0 Å². The minimum Gasteiger partial charge on any atom is -0.466 e. The fourth-order valence-corrected chi connectivity index (χ4v) is 1.37. The molecule has 0 fully saturated rings. The molecular formula is C10H20O2. The van der Waals surface area contributed by atoms with Crippen LogP contribution in [-0.4, -0.2) is 12.6 Å². The molecule has 72 valence electrons. The monoisotopic (exact) mass is 172 g/mol. The van der Waals surface area contributed by atoms with Crippen LogP contribution in [0.1, 0.15) is 47.0 Å². The van der Waals surface area contributed by atoms with Crippen molar-refractivity contribution in [2.45, 2.75) is 47.0 Å².